The highest BCUT2D eigenvalue weighted by Gasteiger charge is 2.29. The minimum atomic E-state index is -0.701. The zero-order chi connectivity index (χ0) is 25.3. The highest BCUT2D eigenvalue weighted by Crippen LogP contribution is 2.32. The largest absolute Gasteiger partial charge is 0.493 e. The Labute approximate surface area is 200 Å². The second-order valence-electron chi connectivity index (χ2n) is 8.44. The van der Waals surface area contributed by atoms with E-state index in [1.807, 2.05) is 37.3 Å². The van der Waals surface area contributed by atoms with Crippen LogP contribution in [0.3, 0.4) is 0 Å². The minimum absolute atomic E-state index is 0.0106. The summed E-state index contributed by atoms with van der Waals surface area (Å²) in [5, 5.41) is 0. The van der Waals surface area contributed by atoms with Crippen molar-refractivity contribution in [3.05, 3.63) is 53.9 Å². The van der Waals surface area contributed by atoms with Crippen LogP contribution in [-0.4, -0.2) is 42.7 Å². The zero-order valence-electron chi connectivity index (χ0n) is 20.6. The van der Waals surface area contributed by atoms with Crippen molar-refractivity contribution in [2.75, 3.05) is 13.9 Å². The van der Waals surface area contributed by atoms with Gasteiger partial charge >= 0.3 is 11.9 Å². The van der Waals surface area contributed by atoms with Crippen LogP contribution in [0.15, 0.2) is 42.6 Å². The van der Waals surface area contributed by atoms with Gasteiger partial charge < -0.3 is 18.9 Å². The lowest BCUT2D eigenvalue weighted by Crippen LogP contribution is -2.29. The van der Waals surface area contributed by atoms with Crippen molar-refractivity contribution in [1.29, 1.82) is 0 Å². The summed E-state index contributed by atoms with van der Waals surface area (Å²) in [7, 11) is 1.42. The number of carbonyl (C=O) groups excluding carboxylic acids is 3. The molecule has 0 aliphatic rings. The highest BCUT2D eigenvalue weighted by molar-refractivity contribution is 5.99. The Morgan fingerprint density at radius 3 is 2.26 bits per heavy atom. The second-order valence-corrected chi connectivity index (χ2v) is 8.44. The van der Waals surface area contributed by atoms with Crippen molar-refractivity contribution < 1.29 is 33.3 Å². The molecule has 8 heteroatoms. The molecule has 1 heterocycles. The molecule has 0 aliphatic heterocycles. The molecule has 0 fully saturated rings. The summed E-state index contributed by atoms with van der Waals surface area (Å²) in [6.45, 7) is 8.52. The van der Waals surface area contributed by atoms with E-state index in [2.05, 4.69) is 18.8 Å². The summed E-state index contributed by atoms with van der Waals surface area (Å²) < 4.78 is 21.2. The van der Waals surface area contributed by atoms with Gasteiger partial charge in [0.2, 0.25) is 6.79 Å². The number of pyridine rings is 1. The zero-order valence-corrected chi connectivity index (χ0v) is 20.6. The van der Waals surface area contributed by atoms with Crippen LogP contribution in [0.1, 0.15) is 63.0 Å². The topological polar surface area (TPSA) is 101 Å². The average Bonchev–Trinajstić information content (AvgIpc) is 2.79. The maximum Gasteiger partial charge on any atom is 0.309 e. The van der Waals surface area contributed by atoms with Crippen molar-refractivity contribution in [2.24, 2.45) is 11.8 Å². The van der Waals surface area contributed by atoms with Crippen molar-refractivity contribution in [3.8, 4) is 11.5 Å². The monoisotopic (exact) mass is 471 g/mol. The van der Waals surface area contributed by atoms with Crippen LogP contribution in [-0.2, 0) is 19.1 Å². The molecular formula is C26H33NO7. The summed E-state index contributed by atoms with van der Waals surface area (Å²) >= 11 is 0. The second kappa shape index (κ2) is 12.7. The Morgan fingerprint density at radius 1 is 1.00 bits per heavy atom. The van der Waals surface area contributed by atoms with E-state index in [1.54, 1.807) is 6.92 Å². The number of esters is 2. The van der Waals surface area contributed by atoms with E-state index in [0.717, 1.165) is 5.56 Å². The normalized spacial score (nSPS) is 13.5. The lowest BCUT2D eigenvalue weighted by Gasteiger charge is -2.28. The first-order valence-electron chi connectivity index (χ1n) is 11.2. The summed E-state index contributed by atoms with van der Waals surface area (Å²) in [4.78, 5) is 40.9. The number of benzene rings is 1. The van der Waals surface area contributed by atoms with Gasteiger partial charge in [-0.3, -0.25) is 14.4 Å². The predicted octanol–water partition coefficient (Wildman–Crippen LogP) is 4.57. The fourth-order valence-electron chi connectivity index (χ4n) is 3.80. The molecule has 0 unspecified atom stereocenters. The lowest BCUT2D eigenvalue weighted by molar-refractivity contribution is -0.154. The summed E-state index contributed by atoms with van der Waals surface area (Å²) in [6.07, 6.45) is 0.904. The number of hydrogen-bond donors (Lipinski definition) is 0. The standard InChI is InChI=1S/C26H33NO7/c1-16(2)23(20-10-8-7-9-11-20)18(4)34-26(30)17(3)14-21(29)24-25(33-15-32-19(5)28)22(31-6)12-13-27-24/h7-13,16-18,23H,14-15H2,1-6H3/t17-,18+,23-/m1/s1. The van der Waals surface area contributed by atoms with Crippen LogP contribution in [0.25, 0.3) is 0 Å². The SMILES string of the molecule is COc1ccnc(C(=O)C[C@@H](C)C(=O)O[C@@H](C)[C@H](c2ccccc2)C(C)C)c1OCOC(C)=O. The number of rotatable bonds is 12. The fraction of sp³-hybridized carbons (Fsp3) is 0.462. The van der Waals surface area contributed by atoms with Gasteiger partial charge in [-0.1, -0.05) is 51.1 Å². The molecule has 0 saturated heterocycles. The van der Waals surface area contributed by atoms with Gasteiger partial charge in [-0.05, 0) is 18.4 Å². The molecule has 34 heavy (non-hydrogen) atoms. The van der Waals surface area contributed by atoms with Gasteiger partial charge in [0, 0.05) is 31.5 Å². The van der Waals surface area contributed by atoms with Gasteiger partial charge in [0.1, 0.15) is 6.10 Å². The molecule has 0 amide bonds. The van der Waals surface area contributed by atoms with Crippen LogP contribution >= 0.6 is 0 Å². The molecule has 0 saturated carbocycles. The summed E-state index contributed by atoms with van der Waals surface area (Å²) in [6, 6.07) is 11.4. The third kappa shape index (κ3) is 7.30. The molecule has 2 aromatic rings. The Morgan fingerprint density at radius 2 is 1.68 bits per heavy atom. The van der Waals surface area contributed by atoms with E-state index < -0.39 is 30.4 Å². The molecule has 0 bridgehead atoms. The maximum atomic E-state index is 13.0. The Hall–Kier alpha value is -3.42. The highest BCUT2D eigenvalue weighted by atomic mass is 16.7. The molecule has 0 N–H and O–H groups in total. The molecule has 0 spiro atoms. The first kappa shape index (κ1) is 26.8. The smallest absolute Gasteiger partial charge is 0.309 e. The van der Waals surface area contributed by atoms with Gasteiger partial charge in [-0.25, -0.2) is 4.98 Å². The Kier molecular flexibility index (Phi) is 10.0. The molecule has 8 nitrogen and oxygen atoms in total. The van der Waals surface area contributed by atoms with Crippen LogP contribution in [0.5, 0.6) is 11.5 Å². The fourth-order valence-corrected chi connectivity index (χ4v) is 3.80. The third-order valence-electron chi connectivity index (χ3n) is 5.42. The van der Waals surface area contributed by atoms with Crippen LogP contribution < -0.4 is 9.47 Å². The Bertz CT molecular complexity index is 974. The van der Waals surface area contributed by atoms with E-state index in [-0.39, 0.29) is 41.6 Å². The van der Waals surface area contributed by atoms with E-state index >= 15 is 0 Å². The molecule has 1 aromatic carbocycles. The summed E-state index contributed by atoms with van der Waals surface area (Å²) in [5.41, 5.74) is 1.08. The van der Waals surface area contributed by atoms with Gasteiger partial charge in [-0.15, -0.1) is 0 Å². The molecular weight excluding hydrogens is 438 g/mol. The molecule has 184 valence electrons. The van der Waals surface area contributed by atoms with E-state index in [4.69, 9.17) is 18.9 Å². The van der Waals surface area contributed by atoms with Crippen molar-refractivity contribution in [1.82, 2.24) is 4.98 Å². The first-order chi connectivity index (χ1) is 16.1. The number of ether oxygens (including phenoxy) is 4. The number of methoxy groups -OCH3 is 1. The van der Waals surface area contributed by atoms with Crippen LogP contribution in [0, 0.1) is 11.8 Å². The number of hydrogen-bond acceptors (Lipinski definition) is 8. The first-order valence-corrected chi connectivity index (χ1v) is 11.2. The van der Waals surface area contributed by atoms with E-state index in [9.17, 15) is 14.4 Å². The molecule has 2 rings (SSSR count). The molecule has 0 aliphatic carbocycles. The quantitative estimate of drug-likeness (QED) is 0.252. The minimum Gasteiger partial charge on any atom is -0.493 e. The average molecular weight is 472 g/mol. The molecule has 1 aromatic heterocycles. The number of aromatic nitrogens is 1. The van der Waals surface area contributed by atoms with E-state index in [0.29, 0.717) is 0 Å². The number of Topliss-reactive ketones (excluding diaryl/α,β-unsaturated/α-hetero) is 1. The number of ketones is 1. The molecule has 0 radical (unpaired) electrons. The van der Waals surface area contributed by atoms with Crippen molar-refractivity contribution in [2.45, 2.75) is 53.1 Å². The lowest BCUT2D eigenvalue weighted by atomic mass is 9.84. The van der Waals surface area contributed by atoms with Gasteiger partial charge in [0.15, 0.2) is 23.0 Å². The predicted molar refractivity (Wildman–Crippen MR) is 126 cm³/mol. The number of carbonyl (C=O) groups is 3. The maximum absolute atomic E-state index is 13.0. The number of nitrogens with zero attached hydrogens (tertiary/aromatic N) is 1. The molecule has 3 atom stereocenters. The van der Waals surface area contributed by atoms with Crippen LogP contribution in [0.4, 0.5) is 0 Å². The Balaban J connectivity index is 2.10. The summed E-state index contributed by atoms with van der Waals surface area (Å²) in [5.74, 6) is -1.53. The van der Waals surface area contributed by atoms with Gasteiger partial charge in [-0.2, -0.15) is 0 Å². The van der Waals surface area contributed by atoms with Crippen molar-refractivity contribution >= 4 is 17.7 Å². The van der Waals surface area contributed by atoms with Gasteiger partial charge in [0.25, 0.3) is 0 Å². The van der Waals surface area contributed by atoms with E-state index in [1.165, 1.54) is 26.3 Å². The third-order valence-corrected chi connectivity index (χ3v) is 5.42. The van der Waals surface area contributed by atoms with Crippen LogP contribution in [0.2, 0.25) is 0 Å². The van der Waals surface area contributed by atoms with Crippen molar-refractivity contribution in [3.63, 3.8) is 0 Å². The van der Waals surface area contributed by atoms with Gasteiger partial charge in [0.05, 0.1) is 13.0 Å².